The second-order valence-electron chi connectivity index (χ2n) is 8.22. The zero-order valence-electron chi connectivity index (χ0n) is 19.9. The van der Waals surface area contributed by atoms with Crippen LogP contribution >= 0.6 is 34.2 Å². The molecule has 0 aliphatic rings. The van der Waals surface area contributed by atoms with E-state index in [1.54, 1.807) is 42.5 Å². The first-order valence-electron chi connectivity index (χ1n) is 11.1. The molecule has 7 nitrogen and oxygen atoms in total. The molecule has 0 unspecified atom stereocenters. The number of hydrogen-bond donors (Lipinski definition) is 1. The van der Waals surface area contributed by atoms with Crippen LogP contribution in [-0.4, -0.2) is 51.0 Å². The number of halogens is 2. The average Bonchev–Trinajstić information content (AvgIpc) is 2.84. The third-order valence-corrected chi connectivity index (χ3v) is 7.65. The Morgan fingerprint density at radius 2 is 1.61 bits per heavy atom. The Morgan fingerprint density at radius 1 is 0.972 bits per heavy atom. The van der Waals surface area contributed by atoms with Gasteiger partial charge in [0.05, 0.1) is 11.9 Å². The quantitative estimate of drug-likeness (QED) is 0.339. The third kappa shape index (κ3) is 7.68. The monoisotopic (exact) mass is 639 g/mol. The molecule has 1 atom stereocenters. The maximum atomic E-state index is 13.8. The summed E-state index contributed by atoms with van der Waals surface area (Å²) in [6.45, 7) is -0.378. The molecule has 3 rings (SSSR count). The summed E-state index contributed by atoms with van der Waals surface area (Å²) in [6.07, 6.45) is 1.31. The first-order chi connectivity index (χ1) is 17.1. The van der Waals surface area contributed by atoms with Crippen LogP contribution in [0.5, 0.6) is 0 Å². The Hall–Kier alpha value is -2.63. The summed E-state index contributed by atoms with van der Waals surface area (Å²) < 4.78 is 27.4. The summed E-state index contributed by atoms with van der Waals surface area (Å²) in [4.78, 5) is 28.3. The number of rotatable bonds is 10. The van der Waals surface area contributed by atoms with E-state index in [2.05, 4.69) is 27.9 Å². The molecule has 10 heteroatoms. The first kappa shape index (κ1) is 27.9. The molecule has 2 amide bonds. The van der Waals surface area contributed by atoms with E-state index >= 15 is 0 Å². The van der Waals surface area contributed by atoms with Crippen molar-refractivity contribution >= 4 is 61.7 Å². The third-order valence-electron chi connectivity index (χ3n) is 5.55. The molecule has 0 spiro atoms. The SMILES string of the molecule is CNC(=O)[C@H](Cc1ccccc1)N(Cc1cccc(Cl)c1)C(=O)CN(c1ccc(I)cc1)S(C)(=O)=O. The minimum absolute atomic E-state index is 0.0780. The summed E-state index contributed by atoms with van der Waals surface area (Å²) in [5, 5.41) is 3.14. The van der Waals surface area contributed by atoms with Gasteiger partial charge in [0.1, 0.15) is 12.6 Å². The van der Waals surface area contributed by atoms with E-state index in [-0.39, 0.29) is 18.9 Å². The predicted molar refractivity (Wildman–Crippen MR) is 151 cm³/mol. The lowest BCUT2D eigenvalue weighted by Crippen LogP contribution is -2.52. The van der Waals surface area contributed by atoms with Gasteiger partial charge in [-0.15, -0.1) is 0 Å². The Labute approximate surface area is 230 Å². The van der Waals surface area contributed by atoms with Gasteiger partial charge in [-0.25, -0.2) is 8.42 Å². The summed E-state index contributed by atoms with van der Waals surface area (Å²) in [5.74, 6) is -0.863. The molecule has 0 bridgehead atoms. The lowest BCUT2D eigenvalue weighted by molar-refractivity contribution is -0.139. The van der Waals surface area contributed by atoms with E-state index < -0.39 is 28.5 Å². The fourth-order valence-corrected chi connectivity index (χ4v) is 5.20. The normalized spacial score (nSPS) is 12.0. The summed E-state index contributed by atoms with van der Waals surface area (Å²) >= 11 is 8.30. The van der Waals surface area contributed by atoms with Crippen LogP contribution in [0.25, 0.3) is 0 Å². The highest BCUT2D eigenvalue weighted by Crippen LogP contribution is 2.22. The van der Waals surface area contributed by atoms with E-state index in [0.29, 0.717) is 10.7 Å². The van der Waals surface area contributed by atoms with Gasteiger partial charge in [0.15, 0.2) is 0 Å². The van der Waals surface area contributed by atoms with Gasteiger partial charge in [0, 0.05) is 28.6 Å². The number of carbonyl (C=O) groups is 2. The van der Waals surface area contributed by atoms with Crippen LogP contribution < -0.4 is 9.62 Å². The highest BCUT2D eigenvalue weighted by Gasteiger charge is 2.32. The summed E-state index contributed by atoms with van der Waals surface area (Å²) in [7, 11) is -2.28. The molecule has 190 valence electrons. The van der Waals surface area contributed by atoms with Crippen LogP contribution in [0.2, 0.25) is 5.02 Å². The van der Waals surface area contributed by atoms with Crippen molar-refractivity contribution in [3.63, 3.8) is 0 Å². The van der Waals surface area contributed by atoms with Crippen molar-refractivity contribution in [2.45, 2.75) is 19.0 Å². The molecule has 36 heavy (non-hydrogen) atoms. The second kappa shape index (κ2) is 12.6. The number of nitrogens with zero attached hydrogens (tertiary/aromatic N) is 2. The molecule has 0 saturated carbocycles. The number of sulfonamides is 1. The van der Waals surface area contributed by atoms with Crippen molar-refractivity contribution < 1.29 is 18.0 Å². The predicted octanol–water partition coefficient (Wildman–Crippen LogP) is 4.10. The average molecular weight is 640 g/mol. The van der Waals surface area contributed by atoms with E-state index in [1.165, 1.54) is 11.9 Å². The molecule has 1 N–H and O–H groups in total. The summed E-state index contributed by atoms with van der Waals surface area (Å²) in [5.41, 5.74) is 1.96. The number of amides is 2. The molecular weight excluding hydrogens is 613 g/mol. The van der Waals surface area contributed by atoms with E-state index in [1.807, 2.05) is 36.4 Å². The Morgan fingerprint density at radius 3 is 2.19 bits per heavy atom. The van der Waals surface area contributed by atoms with Crippen molar-refractivity contribution in [3.05, 3.63) is 98.6 Å². The fraction of sp³-hybridized carbons (Fsp3) is 0.231. The smallest absolute Gasteiger partial charge is 0.244 e. The summed E-state index contributed by atoms with van der Waals surface area (Å²) in [6, 6.07) is 22.3. The Kier molecular flexibility index (Phi) is 9.75. The maximum absolute atomic E-state index is 13.8. The van der Waals surface area contributed by atoms with Crippen LogP contribution in [-0.2, 0) is 32.6 Å². The molecule has 0 aromatic heterocycles. The number of carbonyl (C=O) groups excluding carboxylic acids is 2. The van der Waals surface area contributed by atoms with Crippen molar-refractivity contribution in [2.75, 3.05) is 24.2 Å². The molecule has 0 saturated heterocycles. The maximum Gasteiger partial charge on any atom is 0.244 e. The van der Waals surface area contributed by atoms with E-state index in [9.17, 15) is 18.0 Å². The molecule has 0 aliphatic heterocycles. The van der Waals surface area contributed by atoms with Gasteiger partial charge >= 0.3 is 0 Å². The number of nitrogens with one attached hydrogen (secondary N) is 1. The van der Waals surface area contributed by atoms with Crippen LogP contribution in [0.4, 0.5) is 5.69 Å². The van der Waals surface area contributed by atoms with Crippen LogP contribution in [0, 0.1) is 3.57 Å². The van der Waals surface area contributed by atoms with Gasteiger partial charge in [-0.3, -0.25) is 13.9 Å². The van der Waals surface area contributed by atoms with Crippen LogP contribution in [0.3, 0.4) is 0 Å². The van der Waals surface area contributed by atoms with E-state index in [4.69, 9.17) is 11.6 Å². The van der Waals surface area contributed by atoms with Gasteiger partial charge < -0.3 is 10.2 Å². The van der Waals surface area contributed by atoms with Gasteiger partial charge in [0.25, 0.3) is 0 Å². The number of hydrogen-bond acceptors (Lipinski definition) is 4. The standard InChI is InChI=1S/C26H27ClIN3O4S/c1-29-26(33)24(16-19-7-4-3-5-8-19)30(17-20-9-6-10-21(27)15-20)25(32)18-31(36(2,34)35)23-13-11-22(28)12-14-23/h3-15,24H,16-18H2,1-2H3,(H,29,33)/t24-/m0/s1. The lowest BCUT2D eigenvalue weighted by Gasteiger charge is -2.33. The zero-order valence-corrected chi connectivity index (χ0v) is 23.6. The topological polar surface area (TPSA) is 86.8 Å². The second-order valence-corrected chi connectivity index (χ2v) is 11.8. The molecule has 0 radical (unpaired) electrons. The van der Waals surface area contributed by atoms with Crippen molar-refractivity contribution in [1.82, 2.24) is 10.2 Å². The highest BCUT2D eigenvalue weighted by atomic mass is 127. The first-order valence-corrected chi connectivity index (χ1v) is 14.4. The highest BCUT2D eigenvalue weighted by molar-refractivity contribution is 14.1. The number of benzene rings is 3. The molecule has 0 heterocycles. The van der Waals surface area contributed by atoms with Gasteiger partial charge in [-0.2, -0.15) is 0 Å². The van der Waals surface area contributed by atoms with E-state index in [0.717, 1.165) is 25.3 Å². The number of anilines is 1. The van der Waals surface area contributed by atoms with Crippen LogP contribution in [0.15, 0.2) is 78.9 Å². The Bertz CT molecular complexity index is 1300. The minimum atomic E-state index is -3.79. The van der Waals surface area contributed by atoms with Crippen molar-refractivity contribution in [3.8, 4) is 0 Å². The lowest BCUT2D eigenvalue weighted by atomic mass is 10.0. The van der Waals surface area contributed by atoms with Gasteiger partial charge in [-0.05, 0) is 70.1 Å². The van der Waals surface area contributed by atoms with Crippen molar-refractivity contribution in [2.24, 2.45) is 0 Å². The Balaban J connectivity index is 2.02. The molecule has 0 aliphatic carbocycles. The minimum Gasteiger partial charge on any atom is -0.357 e. The molecule has 0 fully saturated rings. The fourth-order valence-electron chi connectivity index (χ4n) is 3.77. The van der Waals surface area contributed by atoms with Crippen molar-refractivity contribution in [1.29, 1.82) is 0 Å². The number of likely N-dealkylation sites (N-methyl/N-ethyl adjacent to an activating group) is 1. The largest absolute Gasteiger partial charge is 0.357 e. The molecular formula is C26H27ClIN3O4S. The van der Waals surface area contributed by atoms with Gasteiger partial charge in [0.2, 0.25) is 21.8 Å². The molecule has 3 aromatic rings. The van der Waals surface area contributed by atoms with Gasteiger partial charge in [-0.1, -0.05) is 54.1 Å². The zero-order chi connectivity index (χ0) is 26.3. The molecule has 3 aromatic carbocycles. The van der Waals surface area contributed by atoms with Crippen LogP contribution in [0.1, 0.15) is 11.1 Å².